The van der Waals surface area contributed by atoms with E-state index in [1.807, 2.05) is 24.3 Å². The first-order valence-corrected chi connectivity index (χ1v) is 7.94. The highest BCUT2D eigenvalue weighted by Crippen LogP contribution is 2.26. The van der Waals surface area contributed by atoms with E-state index >= 15 is 0 Å². The summed E-state index contributed by atoms with van der Waals surface area (Å²) in [5, 5.41) is 3.30. The Hall–Kier alpha value is -2.40. The molecule has 0 aromatic heterocycles. The Morgan fingerprint density at radius 3 is 2.38 bits per heavy atom. The molecule has 0 aliphatic rings. The fourth-order valence-corrected chi connectivity index (χ4v) is 2.19. The molecule has 0 saturated heterocycles. The lowest BCUT2D eigenvalue weighted by molar-refractivity contribution is -0.127. The lowest BCUT2D eigenvalue weighted by atomic mass is 10.3. The molecule has 6 heteroatoms. The van der Waals surface area contributed by atoms with Crippen molar-refractivity contribution >= 4 is 17.5 Å². The van der Waals surface area contributed by atoms with E-state index in [0.29, 0.717) is 35.4 Å². The summed E-state index contributed by atoms with van der Waals surface area (Å²) in [7, 11) is 1.55. The topological polar surface area (TPSA) is 56.8 Å². The fraction of sp³-hybridized carbons (Fsp3) is 0.278. The molecular formula is C18H20ClNO4. The minimum atomic E-state index is -0.651. The Kier molecular flexibility index (Phi) is 6.75. The van der Waals surface area contributed by atoms with Crippen LogP contribution in [0.25, 0.3) is 0 Å². The van der Waals surface area contributed by atoms with Crippen molar-refractivity contribution in [3.8, 4) is 17.2 Å². The SMILES string of the molecule is COc1ccccc1O[C@@H](C)C(=O)NCCOc1ccccc1Cl. The molecule has 1 amide bonds. The van der Waals surface area contributed by atoms with E-state index < -0.39 is 6.10 Å². The second-order valence-electron chi connectivity index (χ2n) is 4.98. The second-order valence-corrected chi connectivity index (χ2v) is 5.39. The molecule has 24 heavy (non-hydrogen) atoms. The van der Waals surface area contributed by atoms with Crippen LogP contribution in [0.4, 0.5) is 0 Å². The summed E-state index contributed by atoms with van der Waals surface area (Å²) in [5.74, 6) is 1.46. The number of ether oxygens (including phenoxy) is 3. The smallest absolute Gasteiger partial charge is 0.260 e. The highest BCUT2D eigenvalue weighted by Gasteiger charge is 2.16. The van der Waals surface area contributed by atoms with Crippen LogP contribution in [-0.4, -0.2) is 32.3 Å². The number of hydrogen-bond donors (Lipinski definition) is 1. The number of benzene rings is 2. The highest BCUT2D eigenvalue weighted by molar-refractivity contribution is 6.32. The van der Waals surface area contributed by atoms with Gasteiger partial charge in [-0.25, -0.2) is 0 Å². The third-order valence-electron chi connectivity index (χ3n) is 3.24. The molecule has 0 heterocycles. The van der Waals surface area contributed by atoms with Crippen molar-refractivity contribution < 1.29 is 19.0 Å². The Labute approximate surface area is 146 Å². The summed E-state index contributed by atoms with van der Waals surface area (Å²) >= 11 is 5.99. The van der Waals surface area contributed by atoms with Crippen LogP contribution in [0, 0.1) is 0 Å². The van der Waals surface area contributed by atoms with Gasteiger partial charge in [0.1, 0.15) is 12.4 Å². The van der Waals surface area contributed by atoms with Crippen LogP contribution in [0.5, 0.6) is 17.2 Å². The third-order valence-corrected chi connectivity index (χ3v) is 3.55. The molecule has 0 aliphatic heterocycles. The van der Waals surface area contributed by atoms with E-state index in [9.17, 15) is 4.79 Å². The van der Waals surface area contributed by atoms with E-state index in [1.165, 1.54) is 0 Å². The molecule has 0 unspecified atom stereocenters. The first-order chi connectivity index (χ1) is 11.6. The standard InChI is InChI=1S/C18H20ClNO4/c1-13(24-17-10-6-5-9-16(17)22-2)18(21)20-11-12-23-15-8-4-3-7-14(15)19/h3-10,13H,11-12H2,1-2H3,(H,20,21)/t13-/m0/s1. The van der Waals surface area contributed by atoms with Gasteiger partial charge in [-0.3, -0.25) is 4.79 Å². The first-order valence-electron chi connectivity index (χ1n) is 7.56. The summed E-state index contributed by atoms with van der Waals surface area (Å²) < 4.78 is 16.3. The monoisotopic (exact) mass is 349 g/mol. The summed E-state index contributed by atoms with van der Waals surface area (Å²) in [6, 6.07) is 14.4. The minimum Gasteiger partial charge on any atom is -0.493 e. The number of carbonyl (C=O) groups excluding carboxylic acids is 1. The van der Waals surface area contributed by atoms with Crippen LogP contribution >= 0.6 is 11.6 Å². The predicted molar refractivity (Wildman–Crippen MR) is 93.0 cm³/mol. The maximum absolute atomic E-state index is 12.1. The Bertz CT molecular complexity index is 678. The van der Waals surface area contributed by atoms with Crippen molar-refractivity contribution in [3.63, 3.8) is 0 Å². The molecule has 5 nitrogen and oxygen atoms in total. The van der Waals surface area contributed by atoms with Gasteiger partial charge in [-0.1, -0.05) is 35.9 Å². The Balaban J connectivity index is 1.77. The molecular weight excluding hydrogens is 330 g/mol. The molecule has 0 bridgehead atoms. The molecule has 0 fully saturated rings. The Morgan fingerprint density at radius 2 is 1.71 bits per heavy atom. The largest absolute Gasteiger partial charge is 0.493 e. The van der Waals surface area contributed by atoms with Crippen LogP contribution in [0.2, 0.25) is 5.02 Å². The average molecular weight is 350 g/mol. The zero-order valence-corrected chi connectivity index (χ0v) is 14.4. The fourth-order valence-electron chi connectivity index (χ4n) is 2.00. The van der Waals surface area contributed by atoms with Crippen molar-refractivity contribution in [2.45, 2.75) is 13.0 Å². The number of nitrogens with one attached hydrogen (secondary N) is 1. The average Bonchev–Trinajstić information content (AvgIpc) is 2.60. The van der Waals surface area contributed by atoms with Crippen LogP contribution in [0.3, 0.4) is 0 Å². The third kappa shape index (κ3) is 5.06. The number of hydrogen-bond acceptors (Lipinski definition) is 4. The Morgan fingerprint density at radius 1 is 1.08 bits per heavy atom. The van der Waals surface area contributed by atoms with Gasteiger partial charge in [0.05, 0.1) is 18.7 Å². The quantitative estimate of drug-likeness (QED) is 0.743. The maximum Gasteiger partial charge on any atom is 0.260 e. The van der Waals surface area contributed by atoms with Gasteiger partial charge in [-0.15, -0.1) is 0 Å². The normalized spacial score (nSPS) is 11.5. The summed E-state index contributed by atoms with van der Waals surface area (Å²) in [6.45, 7) is 2.34. The van der Waals surface area contributed by atoms with E-state index in [1.54, 1.807) is 38.3 Å². The number of amides is 1. The van der Waals surface area contributed by atoms with E-state index in [4.69, 9.17) is 25.8 Å². The van der Waals surface area contributed by atoms with Crippen molar-refractivity contribution in [2.24, 2.45) is 0 Å². The molecule has 0 radical (unpaired) electrons. The first kappa shape index (κ1) is 17.9. The molecule has 0 spiro atoms. The van der Waals surface area contributed by atoms with Crippen LogP contribution in [0.1, 0.15) is 6.92 Å². The number of carbonyl (C=O) groups is 1. The van der Waals surface area contributed by atoms with Crippen molar-refractivity contribution in [1.82, 2.24) is 5.32 Å². The lowest BCUT2D eigenvalue weighted by Gasteiger charge is -2.16. The lowest BCUT2D eigenvalue weighted by Crippen LogP contribution is -2.38. The zero-order valence-electron chi connectivity index (χ0n) is 13.6. The molecule has 0 saturated carbocycles. The number of methoxy groups -OCH3 is 1. The molecule has 2 rings (SSSR count). The number of halogens is 1. The van der Waals surface area contributed by atoms with Gasteiger partial charge in [0.2, 0.25) is 0 Å². The molecule has 2 aromatic rings. The highest BCUT2D eigenvalue weighted by atomic mass is 35.5. The molecule has 128 valence electrons. The maximum atomic E-state index is 12.1. The molecule has 0 aliphatic carbocycles. The van der Waals surface area contributed by atoms with Gasteiger partial charge in [-0.05, 0) is 31.2 Å². The summed E-state index contributed by atoms with van der Waals surface area (Å²) in [5.41, 5.74) is 0. The van der Waals surface area contributed by atoms with Crippen molar-refractivity contribution in [3.05, 3.63) is 53.6 Å². The van der Waals surface area contributed by atoms with Crippen LogP contribution in [-0.2, 0) is 4.79 Å². The van der Waals surface area contributed by atoms with Gasteiger partial charge in [0.15, 0.2) is 17.6 Å². The molecule has 1 atom stereocenters. The van der Waals surface area contributed by atoms with Gasteiger partial charge >= 0.3 is 0 Å². The number of rotatable bonds is 8. The minimum absolute atomic E-state index is 0.233. The predicted octanol–water partition coefficient (Wildman–Crippen LogP) is 3.31. The van der Waals surface area contributed by atoms with Gasteiger partial charge in [0.25, 0.3) is 5.91 Å². The van der Waals surface area contributed by atoms with Crippen molar-refractivity contribution in [1.29, 1.82) is 0 Å². The summed E-state index contributed by atoms with van der Waals surface area (Å²) in [4.78, 5) is 12.1. The van der Waals surface area contributed by atoms with Gasteiger partial charge < -0.3 is 19.5 Å². The number of para-hydroxylation sites is 3. The van der Waals surface area contributed by atoms with Gasteiger partial charge in [0, 0.05) is 0 Å². The zero-order chi connectivity index (χ0) is 17.4. The van der Waals surface area contributed by atoms with Crippen LogP contribution < -0.4 is 19.5 Å². The molecule has 1 N–H and O–H groups in total. The van der Waals surface area contributed by atoms with Crippen LogP contribution in [0.15, 0.2) is 48.5 Å². The van der Waals surface area contributed by atoms with E-state index in [-0.39, 0.29) is 5.91 Å². The summed E-state index contributed by atoms with van der Waals surface area (Å²) in [6.07, 6.45) is -0.651. The van der Waals surface area contributed by atoms with Crippen molar-refractivity contribution in [2.75, 3.05) is 20.3 Å². The second kappa shape index (κ2) is 9.03. The van der Waals surface area contributed by atoms with E-state index in [0.717, 1.165) is 0 Å². The van der Waals surface area contributed by atoms with E-state index in [2.05, 4.69) is 5.32 Å². The van der Waals surface area contributed by atoms with Gasteiger partial charge in [-0.2, -0.15) is 0 Å². The molecule has 2 aromatic carbocycles.